The van der Waals surface area contributed by atoms with Gasteiger partial charge in [-0.1, -0.05) is 109 Å². The first kappa shape index (κ1) is 34.0. The quantitative estimate of drug-likeness (QED) is 0.149. The van der Waals surface area contributed by atoms with E-state index in [-0.39, 0.29) is 11.6 Å². The molecule has 2 aliphatic rings. The van der Waals surface area contributed by atoms with E-state index in [1.54, 1.807) is 48.9 Å². The van der Waals surface area contributed by atoms with Crippen LogP contribution in [0, 0.1) is 0 Å². The van der Waals surface area contributed by atoms with Crippen LogP contribution in [0.4, 0.5) is 11.4 Å². The lowest BCUT2D eigenvalue weighted by molar-refractivity contribution is -0.111. The third-order valence-electron chi connectivity index (χ3n) is 9.51. The van der Waals surface area contributed by atoms with Crippen LogP contribution in [0.1, 0.15) is 0 Å². The van der Waals surface area contributed by atoms with Gasteiger partial charge in [-0.3, -0.25) is 9.59 Å². The molecular weight excluding hydrogens is 693 g/mol. The average molecular weight is 725 g/mol. The summed E-state index contributed by atoms with van der Waals surface area (Å²) in [6.07, 6.45) is 17.3. The second kappa shape index (κ2) is 14.9. The number of hydrogen-bond donors (Lipinski definition) is 2. The van der Waals surface area contributed by atoms with Gasteiger partial charge >= 0.3 is 0 Å². The first-order valence-electron chi connectivity index (χ1n) is 18.1. The molecule has 0 bridgehead atoms. The van der Waals surface area contributed by atoms with Crippen molar-refractivity contribution in [3.63, 3.8) is 0 Å². The zero-order valence-corrected chi connectivity index (χ0v) is 29.9. The zero-order valence-electron chi connectivity index (χ0n) is 29.9. The summed E-state index contributed by atoms with van der Waals surface area (Å²) in [5.74, 6) is 1.10. The summed E-state index contributed by atoms with van der Waals surface area (Å²) in [5, 5.41) is 8.32. The summed E-state index contributed by atoms with van der Waals surface area (Å²) in [6, 6.07) is 40.0. The van der Waals surface area contributed by atoms with Gasteiger partial charge in [-0.15, -0.1) is 0 Å². The van der Waals surface area contributed by atoms with Crippen molar-refractivity contribution >= 4 is 44.7 Å². The van der Waals surface area contributed by atoms with E-state index in [4.69, 9.17) is 19.9 Å². The fraction of sp³-hybridized carbons (Fsp3) is 0. The lowest BCUT2D eigenvalue weighted by Crippen LogP contribution is -2.02. The molecule has 0 aliphatic heterocycles. The van der Waals surface area contributed by atoms with Crippen molar-refractivity contribution in [3.05, 3.63) is 193 Å². The van der Waals surface area contributed by atoms with Crippen molar-refractivity contribution in [2.45, 2.75) is 0 Å². The number of hydrogen-bond acceptors (Lipinski definition) is 8. The molecule has 7 aromatic rings. The molecule has 0 saturated carbocycles. The molecule has 0 amide bonds. The highest BCUT2D eigenvalue weighted by molar-refractivity contribution is 6.08. The van der Waals surface area contributed by atoms with E-state index in [1.807, 2.05) is 133 Å². The van der Waals surface area contributed by atoms with Crippen LogP contribution >= 0.6 is 0 Å². The molecule has 0 atom stereocenters. The predicted octanol–water partition coefficient (Wildman–Crippen LogP) is 10.2. The van der Waals surface area contributed by atoms with Gasteiger partial charge in [-0.25, -0.2) is 19.9 Å². The van der Waals surface area contributed by atoms with E-state index in [2.05, 4.69) is 10.6 Å². The third-order valence-corrected chi connectivity index (χ3v) is 9.51. The topological polar surface area (TPSA) is 110 Å². The SMILES string of the molecule is O=C1C=CC=C/C1=C/Nc1ccc2nc(-c3ccc(-c4nc(-c5ccccc5)c5cc(N/C=C6\C=CC=CC6=O)ccc5n4)cc3)nc(-c3ccccc3)c2c1. The van der Waals surface area contributed by atoms with Crippen molar-refractivity contribution < 1.29 is 9.59 Å². The number of allylic oxidation sites excluding steroid dienone is 10. The molecule has 56 heavy (non-hydrogen) atoms. The maximum atomic E-state index is 12.3. The fourth-order valence-corrected chi connectivity index (χ4v) is 6.62. The molecule has 2 N–H and O–H groups in total. The van der Waals surface area contributed by atoms with E-state index in [0.29, 0.717) is 22.8 Å². The van der Waals surface area contributed by atoms with Gasteiger partial charge in [0.05, 0.1) is 22.4 Å². The summed E-state index contributed by atoms with van der Waals surface area (Å²) in [4.78, 5) is 44.7. The van der Waals surface area contributed by atoms with Crippen molar-refractivity contribution in [3.8, 4) is 45.3 Å². The Morgan fingerprint density at radius 1 is 0.411 bits per heavy atom. The average Bonchev–Trinajstić information content (AvgIpc) is 3.25. The van der Waals surface area contributed by atoms with Crippen LogP contribution in [-0.2, 0) is 9.59 Å². The molecule has 266 valence electrons. The number of aromatic nitrogens is 4. The molecule has 2 aliphatic carbocycles. The van der Waals surface area contributed by atoms with Crippen LogP contribution in [0.15, 0.2) is 193 Å². The Balaban J connectivity index is 1.06. The minimum absolute atomic E-state index is 0.0461. The second-order valence-electron chi connectivity index (χ2n) is 13.2. The van der Waals surface area contributed by atoms with E-state index >= 15 is 0 Å². The summed E-state index contributed by atoms with van der Waals surface area (Å²) >= 11 is 0. The number of carbonyl (C=O) groups excluding carboxylic acids is 2. The standard InChI is InChI=1S/C48H32N6O2/c55-43-17-9-7-15-35(43)29-49-37-23-25-41-39(27-37)45(31-11-3-1-4-12-31)53-47(51-41)33-19-21-34(22-20-33)48-52-42-26-24-38(50-30-36-16-8-10-18-44(36)56)28-40(42)46(54-48)32-13-5-2-6-14-32/h1-30,49-50H/b35-29-,36-30+. The van der Waals surface area contributed by atoms with Gasteiger partial charge in [0, 0.05) is 67.9 Å². The molecular formula is C48H32N6O2. The van der Waals surface area contributed by atoms with Gasteiger partial charge in [-0.05, 0) is 60.7 Å². The number of ketones is 2. The number of anilines is 2. The Morgan fingerprint density at radius 2 is 0.821 bits per heavy atom. The lowest BCUT2D eigenvalue weighted by atomic mass is 10.0. The van der Waals surface area contributed by atoms with E-state index in [9.17, 15) is 9.59 Å². The first-order valence-corrected chi connectivity index (χ1v) is 18.1. The van der Waals surface area contributed by atoms with Crippen molar-refractivity contribution in [2.24, 2.45) is 0 Å². The highest BCUT2D eigenvalue weighted by Crippen LogP contribution is 2.34. The number of nitrogens with one attached hydrogen (secondary N) is 2. The lowest BCUT2D eigenvalue weighted by Gasteiger charge is -2.13. The maximum Gasteiger partial charge on any atom is 0.187 e. The maximum absolute atomic E-state index is 12.3. The fourth-order valence-electron chi connectivity index (χ4n) is 6.62. The van der Waals surface area contributed by atoms with Crippen LogP contribution in [0.3, 0.4) is 0 Å². The Labute approximate surface area is 322 Å². The number of rotatable bonds is 8. The molecule has 2 heterocycles. The van der Waals surface area contributed by atoms with E-state index < -0.39 is 0 Å². The first-order chi connectivity index (χ1) is 27.6. The molecule has 0 spiro atoms. The third kappa shape index (κ3) is 6.98. The van der Waals surface area contributed by atoms with Crippen LogP contribution < -0.4 is 10.6 Å². The molecule has 0 unspecified atom stereocenters. The molecule has 8 heteroatoms. The summed E-state index contributed by atoms with van der Waals surface area (Å²) in [6.45, 7) is 0. The van der Waals surface area contributed by atoms with E-state index in [1.165, 1.54) is 0 Å². The minimum atomic E-state index is -0.0461. The number of fused-ring (bicyclic) bond motifs is 2. The Hall–Kier alpha value is -7.84. The summed E-state index contributed by atoms with van der Waals surface area (Å²) < 4.78 is 0. The predicted molar refractivity (Wildman–Crippen MR) is 224 cm³/mol. The van der Waals surface area contributed by atoms with Crippen molar-refractivity contribution in [1.29, 1.82) is 0 Å². The number of carbonyl (C=O) groups is 2. The smallest absolute Gasteiger partial charge is 0.187 e. The molecule has 2 aromatic heterocycles. The van der Waals surface area contributed by atoms with Gasteiger partial charge < -0.3 is 10.6 Å². The molecule has 0 radical (unpaired) electrons. The Kier molecular flexibility index (Phi) is 9.03. The van der Waals surface area contributed by atoms with Crippen molar-refractivity contribution in [2.75, 3.05) is 10.6 Å². The molecule has 9 rings (SSSR count). The van der Waals surface area contributed by atoms with Gasteiger partial charge in [0.1, 0.15) is 0 Å². The molecule has 5 aromatic carbocycles. The highest BCUT2D eigenvalue weighted by Gasteiger charge is 2.16. The normalized spacial score (nSPS) is 15.0. The van der Waals surface area contributed by atoms with Crippen LogP contribution in [0.5, 0.6) is 0 Å². The van der Waals surface area contributed by atoms with Crippen LogP contribution in [0.2, 0.25) is 0 Å². The number of benzene rings is 5. The van der Waals surface area contributed by atoms with Crippen LogP contribution in [0.25, 0.3) is 67.1 Å². The summed E-state index contributed by atoms with van der Waals surface area (Å²) in [7, 11) is 0. The molecule has 0 fully saturated rings. The minimum Gasteiger partial charge on any atom is -0.361 e. The zero-order chi connectivity index (χ0) is 37.8. The van der Waals surface area contributed by atoms with Crippen LogP contribution in [-0.4, -0.2) is 31.5 Å². The second-order valence-corrected chi connectivity index (χ2v) is 13.2. The van der Waals surface area contributed by atoms with Gasteiger partial charge in [0.2, 0.25) is 0 Å². The van der Waals surface area contributed by atoms with Gasteiger partial charge in [0.15, 0.2) is 23.2 Å². The monoisotopic (exact) mass is 724 g/mol. The Morgan fingerprint density at radius 3 is 1.23 bits per heavy atom. The van der Waals surface area contributed by atoms with Crippen molar-refractivity contribution in [1.82, 2.24) is 19.9 Å². The molecule has 0 saturated heterocycles. The largest absolute Gasteiger partial charge is 0.361 e. The van der Waals surface area contributed by atoms with Gasteiger partial charge in [-0.2, -0.15) is 0 Å². The molecule has 8 nitrogen and oxygen atoms in total. The Bertz CT molecular complexity index is 2670. The summed E-state index contributed by atoms with van der Waals surface area (Å²) in [5.41, 5.74) is 9.63. The van der Waals surface area contributed by atoms with E-state index in [0.717, 1.165) is 66.8 Å². The van der Waals surface area contributed by atoms with Gasteiger partial charge in [0.25, 0.3) is 0 Å². The highest BCUT2D eigenvalue weighted by atomic mass is 16.1. The number of nitrogens with zero attached hydrogens (tertiary/aromatic N) is 4.